The fourth-order valence-electron chi connectivity index (χ4n) is 2.00. The van der Waals surface area contributed by atoms with Gasteiger partial charge < -0.3 is 32.3 Å². The maximum Gasteiger partial charge on any atom is 0.326 e. The van der Waals surface area contributed by atoms with Gasteiger partial charge in [0, 0.05) is 6.42 Å². The minimum absolute atomic E-state index is 0.0191. The minimum atomic E-state index is -1.32. The van der Waals surface area contributed by atoms with Gasteiger partial charge in [0.25, 0.3) is 0 Å². The smallest absolute Gasteiger partial charge is 0.326 e. The van der Waals surface area contributed by atoms with Gasteiger partial charge in [0.05, 0.1) is 13.0 Å². The standard InChI is InChI=1S/C15H20N4O6/c16-7-13(22)18-10(6-12(17)21)14(23)19-11(15(24)25)5-8-1-3-9(20)4-2-8/h1-4,10-11,20H,5-7,16H2,(H2,17,21)(H,18,22)(H,19,23)(H,24,25)/t10-,11+/m1/s1. The number of nitrogens with two attached hydrogens (primary N) is 2. The Bertz CT molecular complexity index is 646. The van der Waals surface area contributed by atoms with Gasteiger partial charge in [-0.1, -0.05) is 12.1 Å². The number of primary amides is 1. The molecule has 0 saturated heterocycles. The maximum absolute atomic E-state index is 12.2. The van der Waals surface area contributed by atoms with E-state index in [0.29, 0.717) is 5.56 Å². The SMILES string of the molecule is NCC(=O)N[C@H](CC(N)=O)C(=O)N[C@@H](Cc1ccc(O)cc1)C(=O)O. The van der Waals surface area contributed by atoms with Crippen molar-refractivity contribution in [1.82, 2.24) is 10.6 Å². The summed E-state index contributed by atoms with van der Waals surface area (Å²) in [7, 11) is 0. The van der Waals surface area contributed by atoms with E-state index in [1.807, 2.05) is 0 Å². The van der Waals surface area contributed by atoms with E-state index >= 15 is 0 Å². The molecule has 0 saturated carbocycles. The Kier molecular flexibility index (Phi) is 7.35. The first-order valence-corrected chi connectivity index (χ1v) is 7.31. The van der Waals surface area contributed by atoms with Crippen molar-refractivity contribution in [2.75, 3.05) is 6.54 Å². The van der Waals surface area contributed by atoms with Crippen molar-refractivity contribution in [3.05, 3.63) is 29.8 Å². The van der Waals surface area contributed by atoms with Gasteiger partial charge in [-0.15, -0.1) is 0 Å². The van der Waals surface area contributed by atoms with E-state index in [0.717, 1.165) is 0 Å². The quantitative estimate of drug-likeness (QED) is 0.292. The van der Waals surface area contributed by atoms with Crippen LogP contribution in [0.5, 0.6) is 5.75 Å². The summed E-state index contributed by atoms with van der Waals surface area (Å²) < 4.78 is 0. The minimum Gasteiger partial charge on any atom is -0.508 e. The molecule has 0 fully saturated rings. The molecule has 136 valence electrons. The molecule has 0 aliphatic rings. The summed E-state index contributed by atoms with van der Waals surface area (Å²) in [5, 5.41) is 23.0. The summed E-state index contributed by atoms with van der Waals surface area (Å²) in [6, 6.07) is 3.15. The number of rotatable bonds is 9. The van der Waals surface area contributed by atoms with Crippen molar-refractivity contribution in [2.45, 2.75) is 24.9 Å². The Hall–Kier alpha value is -3.14. The Morgan fingerprint density at radius 3 is 2.12 bits per heavy atom. The van der Waals surface area contributed by atoms with Crippen LogP contribution in [0.25, 0.3) is 0 Å². The highest BCUT2D eigenvalue weighted by atomic mass is 16.4. The average Bonchev–Trinajstić information content (AvgIpc) is 2.54. The van der Waals surface area contributed by atoms with Crippen LogP contribution in [0.4, 0.5) is 0 Å². The zero-order valence-corrected chi connectivity index (χ0v) is 13.3. The molecule has 1 aromatic rings. The zero-order chi connectivity index (χ0) is 19.0. The number of nitrogens with one attached hydrogen (secondary N) is 2. The molecule has 8 N–H and O–H groups in total. The number of carbonyl (C=O) groups excluding carboxylic acids is 3. The largest absolute Gasteiger partial charge is 0.508 e. The van der Waals surface area contributed by atoms with Crippen molar-refractivity contribution in [1.29, 1.82) is 0 Å². The third kappa shape index (κ3) is 6.87. The van der Waals surface area contributed by atoms with Crippen molar-refractivity contribution in [2.24, 2.45) is 11.5 Å². The molecule has 0 bridgehead atoms. The molecule has 10 nitrogen and oxygen atoms in total. The highest BCUT2D eigenvalue weighted by molar-refractivity contribution is 5.93. The van der Waals surface area contributed by atoms with Gasteiger partial charge in [-0.25, -0.2) is 4.79 Å². The van der Waals surface area contributed by atoms with Crippen LogP contribution in [0.1, 0.15) is 12.0 Å². The van der Waals surface area contributed by atoms with Gasteiger partial charge in [0.15, 0.2) is 0 Å². The third-order valence-electron chi connectivity index (χ3n) is 3.23. The predicted molar refractivity (Wildman–Crippen MR) is 86.2 cm³/mol. The molecule has 3 amide bonds. The number of aromatic hydroxyl groups is 1. The monoisotopic (exact) mass is 352 g/mol. The normalized spacial score (nSPS) is 12.7. The highest BCUT2D eigenvalue weighted by Gasteiger charge is 2.27. The summed E-state index contributed by atoms with van der Waals surface area (Å²) in [6.07, 6.45) is -0.557. The number of phenols is 1. The third-order valence-corrected chi connectivity index (χ3v) is 3.23. The Balaban J connectivity index is 2.83. The lowest BCUT2D eigenvalue weighted by Gasteiger charge is -2.20. The summed E-state index contributed by atoms with van der Waals surface area (Å²) in [6.45, 7) is -0.404. The van der Waals surface area contributed by atoms with E-state index < -0.39 is 48.7 Å². The molecule has 2 atom stereocenters. The second kappa shape index (κ2) is 9.23. The van der Waals surface area contributed by atoms with E-state index in [-0.39, 0.29) is 12.2 Å². The van der Waals surface area contributed by atoms with E-state index in [2.05, 4.69) is 10.6 Å². The van der Waals surface area contributed by atoms with Gasteiger partial charge in [-0.2, -0.15) is 0 Å². The van der Waals surface area contributed by atoms with Crippen molar-refractivity contribution in [3.8, 4) is 5.75 Å². The number of amides is 3. The number of phenolic OH excluding ortho intramolecular Hbond substituents is 1. The fraction of sp³-hybridized carbons (Fsp3) is 0.333. The first-order chi connectivity index (χ1) is 11.7. The number of carboxylic acid groups (broad SMARTS) is 1. The van der Waals surface area contributed by atoms with Gasteiger partial charge in [-0.3, -0.25) is 14.4 Å². The molecule has 1 aromatic carbocycles. The highest BCUT2D eigenvalue weighted by Crippen LogP contribution is 2.11. The molecule has 0 aliphatic heterocycles. The number of carboxylic acids is 1. The van der Waals surface area contributed by atoms with Crippen LogP contribution in [-0.2, 0) is 25.6 Å². The summed E-state index contributed by atoms with van der Waals surface area (Å²) in [4.78, 5) is 46.0. The van der Waals surface area contributed by atoms with E-state index in [1.54, 1.807) is 0 Å². The topological polar surface area (TPSA) is 185 Å². The van der Waals surface area contributed by atoms with Gasteiger partial charge in [0.2, 0.25) is 17.7 Å². The first kappa shape index (κ1) is 19.9. The first-order valence-electron chi connectivity index (χ1n) is 7.31. The number of hydrogen-bond donors (Lipinski definition) is 6. The van der Waals surface area contributed by atoms with Crippen molar-refractivity contribution < 1.29 is 29.4 Å². The molecule has 0 unspecified atom stereocenters. The van der Waals surface area contributed by atoms with E-state index in [1.165, 1.54) is 24.3 Å². The maximum atomic E-state index is 12.2. The molecular formula is C15H20N4O6. The Labute approximate surface area is 143 Å². The van der Waals surface area contributed by atoms with Crippen molar-refractivity contribution in [3.63, 3.8) is 0 Å². The lowest BCUT2D eigenvalue weighted by atomic mass is 10.0. The molecule has 0 aliphatic carbocycles. The molecule has 0 spiro atoms. The number of aliphatic carboxylic acids is 1. The summed E-state index contributed by atoms with van der Waals surface area (Å²) in [5.41, 5.74) is 10.7. The Morgan fingerprint density at radius 1 is 1.04 bits per heavy atom. The van der Waals surface area contributed by atoms with E-state index in [4.69, 9.17) is 11.5 Å². The predicted octanol–water partition coefficient (Wildman–Crippen LogP) is -2.18. The van der Waals surface area contributed by atoms with Crippen LogP contribution in [-0.4, -0.2) is 52.5 Å². The second-order valence-electron chi connectivity index (χ2n) is 5.26. The van der Waals surface area contributed by atoms with Crippen LogP contribution < -0.4 is 22.1 Å². The number of hydrogen-bond acceptors (Lipinski definition) is 6. The molecule has 1 rings (SSSR count). The average molecular weight is 352 g/mol. The molecule has 25 heavy (non-hydrogen) atoms. The zero-order valence-electron chi connectivity index (χ0n) is 13.3. The molecular weight excluding hydrogens is 332 g/mol. The summed E-state index contributed by atoms with van der Waals surface area (Å²) >= 11 is 0. The van der Waals surface area contributed by atoms with Crippen LogP contribution in [0.2, 0.25) is 0 Å². The second-order valence-corrected chi connectivity index (χ2v) is 5.26. The Morgan fingerprint density at radius 2 is 1.64 bits per heavy atom. The van der Waals surface area contributed by atoms with E-state index in [9.17, 15) is 29.4 Å². The molecule has 0 aromatic heterocycles. The van der Waals surface area contributed by atoms with Crippen LogP contribution in [0.15, 0.2) is 24.3 Å². The van der Waals surface area contributed by atoms with Crippen LogP contribution >= 0.6 is 0 Å². The lowest BCUT2D eigenvalue weighted by Crippen LogP contribution is -2.54. The molecule has 0 heterocycles. The van der Waals surface area contributed by atoms with Gasteiger partial charge in [0.1, 0.15) is 17.8 Å². The number of carbonyl (C=O) groups is 4. The van der Waals surface area contributed by atoms with Gasteiger partial charge in [-0.05, 0) is 17.7 Å². The van der Waals surface area contributed by atoms with Crippen molar-refractivity contribution >= 4 is 23.7 Å². The summed E-state index contributed by atoms with van der Waals surface area (Å²) in [5.74, 6) is -3.68. The molecule has 10 heteroatoms. The van der Waals surface area contributed by atoms with Crippen LogP contribution in [0, 0.1) is 0 Å². The van der Waals surface area contributed by atoms with Gasteiger partial charge >= 0.3 is 5.97 Å². The fourth-order valence-corrected chi connectivity index (χ4v) is 2.00. The van der Waals surface area contributed by atoms with Crippen LogP contribution in [0.3, 0.4) is 0 Å². The molecule has 0 radical (unpaired) electrons. The number of benzene rings is 1. The lowest BCUT2D eigenvalue weighted by molar-refractivity contribution is -0.142.